The first-order valence-corrected chi connectivity index (χ1v) is 5.92. The van der Waals surface area contributed by atoms with E-state index in [0.29, 0.717) is 21.4 Å². The number of rotatable bonds is 3. The molecule has 0 unspecified atom stereocenters. The molecule has 18 heavy (non-hydrogen) atoms. The third-order valence-corrected chi connectivity index (χ3v) is 2.43. The molecule has 1 heterocycles. The van der Waals surface area contributed by atoms with Crippen molar-refractivity contribution in [3.8, 4) is 5.69 Å². The van der Waals surface area contributed by atoms with Crippen LogP contribution in [0, 0.1) is 19.3 Å². The summed E-state index contributed by atoms with van der Waals surface area (Å²) in [7, 11) is 0. The van der Waals surface area contributed by atoms with E-state index in [4.69, 9.17) is 12.2 Å². The van der Waals surface area contributed by atoms with Gasteiger partial charge in [-0.3, -0.25) is 0 Å². The molecule has 0 spiro atoms. The predicted octanol–water partition coefficient (Wildman–Crippen LogP) is 2.03. The van der Waals surface area contributed by atoms with E-state index in [1.165, 1.54) is 17.1 Å². The van der Waals surface area contributed by atoms with Gasteiger partial charge in [0.1, 0.15) is 28.0 Å². The Morgan fingerprint density at radius 3 is 2.89 bits per heavy atom. The summed E-state index contributed by atoms with van der Waals surface area (Å²) in [5.41, 5.74) is 1.01. The number of hydrogen-bond acceptors (Lipinski definition) is 3. The molecule has 0 bridgehead atoms. The van der Waals surface area contributed by atoms with E-state index in [1.54, 1.807) is 25.6 Å². The molecule has 4 nitrogen and oxygen atoms in total. The molecule has 93 valence electrons. The maximum Gasteiger partial charge on any atom is 0.149 e. The minimum atomic E-state index is -0.388. The molecule has 0 aliphatic carbocycles. The number of aromatic nitrogens is 3. The van der Waals surface area contributed by atoms with Gasteiger partial charge in [0, 0.05) is 0 Å². The highest BCUT2D eigenvalue weighted by molar-refractivity contribution is 8.11. The average molecular weight is 281 g/mol. The first-order chi connectivity index (χ1) is 8.56. The first-order valence-electron chi connectivity index (χ1n) is 5.07. The summed E-state index contributed by atoms with van der Waals surface area (Å²) in [6, 6.07) is 4.75. The largest absolute Gasteiger partial charge is 0.362 e. The molecule has 2 aromatic rings. The second-order valence-electron chi connectivity index (χ2n) is 3.54. The summed E-state index contributed by atoms with van der Waals surface area (Å²) in [4.78, 5) is 3.95. The van der Waals surface area contributed by atoms with E-state index in [1.807, 2.05) is 0 Å². The van der Waals surface area contributed by atoms with E-state index in [0.717, 1.165) is 0 Å². The van der Waals surface area contributed by atoms with Crippen LogP contribution in [0.5, 0.6) is 0 Å². The van der Waals surface area contributed by atoms with Crippen molar-refractivity contribution < 1.29 is 4.39 Å². The minimum absolute atomic E-state index is 0.325. The van der Waals surface area contributed by atoms with Gasteiger partial charge in [-0.2, -0.15) is 5.10 Å². The number of benzene rings is 1. The fourth-order valence-corrected chi connectivity index (χ4v) is 1.53. The van der Waals surface area contributed by atoms with Gasteiger partial charge < -0.3 is 5.32 Å². The van der Waals surface area contributed by atoms with Crippen molar-refractivity contribution in [2.24, 2.45) is 0 Å². The summed E-state index contributed by atoms with van der Waals surface area (Å²) in [6.45, 7) is 3.32. The SMILES string of the molecule is Cc1ncn(-c2ccc([CH]NC(=S)S)cc2F)n1. The Hall–Kier alpha value is -1.47. The maximum absolute atomic E-state index is 13.9. The van der Waals surface area contributed by atoms with Gasteiger partial charge in [-0.1, -0.05) is 18.3 Å². The first kappa shape index (κ1) is 13.0. The van der Waals surface area contributed by atoms with Crippen molar-refractivity contribution in [1.82, 2.24) is 20.1 Å². The predicted molar refractivity (Wildman–Crippen MR) is 74.2 cm³/mol. The summed E-state index contributed by atoms with van der Waals surface area (Å²) in [6.07, 6.45) is 1.47. The zero-order valence-electron chi connectivity index (χ0n) is 9.46. The smallest absolute Gasteiger partial charge is 0.149 e. The van der Waals surface area contributed by atoms with Gasteiger partial charge in [0.05, 0.1) is 6.54 Å². The van der Waals surface area contributed by atoms with Crippen LogP contribution in [0.15, 0.2) is 24.5 Å². The Kier molecular flexibility index (Phi) is 3.93. The van der Waals surface area contributed by atoms with Crippen molar-refractivity contribution in [2.45, 2.75) is 6.92 Å². The van der Waals surface area contributed by atoms with Gasteiger partial charge in [0.2, 0.25) is 0 Å². The summed E-state index contributed by atoms with van der Waals surface area (Å²) < 4.78 is 15.6. The van der Waals surface area contributed by atoms with Crippen LogP contribution >= 0.6 is 24.8 Å². The normalized spacial score (nSPS) is 10.4. The third kappa shape index (κ3) is 3.05. The lowest BCUT2D eigenvalue weighted by atomic mass is 10.2. The van der Waals surface area contributed by atoms with E-state index < -0.39 is 0 Å². The highest BCUT2D eigenvalue weighted by Gasteiger charge is 2.07. The van der Waals surface area contributed by atoms with Crippen LogP contribution in [0.1, 0.15) is 11.4 Å². The highest BCUT2D eigenvalue weighted by atomic mass is 32.1. The minimum Gasteiger partial charge on any atom is -0.362 e. The van der Waals surface area contributed by atoms with Crippen molar-refractivity contribution in [1.29, 1.82) is 0 Å². The lowest BCUT2D eigenvalue weighted by molar-refractivity contribution is 0.609. The molecule has 1 aromatic heterocycles. The second-order valence-corrected chi connectivity index (χ2v) is 4.70. The molecule has 7 heteroatoms. The van der Waals surface area contributed by atoms with Gasteiger partial charge in [0.15, 0.2) is 0 Å². The van der Waals surface area contributed by atoms with Crippen LogP contribution in [0.3, 0.4) is 0 Å². The molecule has 2 rings (SSSR count). The van der Waals surface area contributed by atoms with Crippen LogP contribution in [0.2, 0.25) is 0 Å². The van der Waals surface area contributed by atoms with Gasteiger partial charge in [-0.05, 0) is 24.6 Å². The van der Waals surface area contributed by atoms with E-state index in [-0.39, 0.29) is 5.82 Å². The number of thiol groups is 1. The fraction of sp³-hybridized carbons (Fsp3) is 0.0909. The zero-order chi connectivity index (χ0) is 13.1. The molecule has 1 aromatic carbocycles. The lowest BCUT2D eigenvalue weighted by Crippen LogP contribution is -2.13. The van der Waals surface area contributed by atoms with E-state index in [9.17, 15) is 4.39 Å². The number of nitrogens with zero attached hydrogens (tertiary/aromatic N) is 3. The van der Waals surface area contributed by atoms with Crippen molar-refractivity contribution >= 4 is 29.2 Å². The number of halogens is 1. The monoisotopic (exact) mass is 281 g/mol. The fourth-order valence-electron chi connectivity index (χ4n) is 1.41. The molecule has 0 aliphatic heterocycles. The molecule has 0 saturated heterocycles. The van der Waals surface area contributed by atoms with Crippen molar-refractivity contribution in [3.05, 3.63) is 48.3 Å². The molecular formula is C11H10FN4S2. The van der Waals surface area contributed by atoms with Crippen LogP contribution in [-0.2, 0) is 0 Å². The van der Waals surface area contributed by atoms with Gasteiger partial charge in [-0.25, -0.2) is 14.1 Å². The molecule has 1 radical (unpaired) electrons. The van der Waals surface area contributed by atoms with Crippen molar-refractivity contribution in [3.63, 3.8) is 0 Å². The average Bonchev–Trinajstić information content (AvgIpc) is 2.73. The number of hydrogen-bond donors (Lipinski definition) is 2. The Balaban J connectivity index is 2.22. The zero-order valence-corrected chi connectivity index (χ0v) is 11.2. The topological polar surface area (TPSA) is 42.7 Å². The molecule has 0 amide bonds. The maximum atomic E-state index is 13.9. The van der Waals surface area contributed by atoms with Crippen LogP contribution < -0.4 is 5.32 Å². The summed E-state index contributed by atoms with van der Waals surface area (Å²) >= 11 is 8.65. The van der Waals surface area contributed by atoms with Crippen molar-refractivity contribution in [2.75, 3.05) is 0 Å². The molecular weight excluding hydrogens is 271 g/mol. The van der Waals surface area contributed by atoms with Gasteiger partial charge >= 0.3 is 0 Å². The Morgan fingerprint density at radius 1 is 1.56 bits per heavy atom. The molecule has 0 saturated carbocycles. The number of nitrogens with one attached hydrogen (secondary N) is 1. The van der Waals surface area contributed by atoms with Gasteiger partial charge in [-0.15, -0.1) is 12.6 Å². The Bertz CT molecular complexity index is 582. The highest BCUT2D eigenvalue weighted by Crippen LogP contribution is 2.15. The van der Waals surface area contributed by atoms with E-state index in [2.05, 4.69) is 28.0 Å². The quantitative estimate of drug-likeness (QED) is 0.667. The van der Waals surface area contributed by atoms with E-state index >= 15 is 0 Å². The summed E-state index contributed by atoms with van der Waals surface area (Å²) in [5, 5.41) is 6.77. The van der Waals surface area contributed by atoms with Crippen LogP contribution in [-0.4, -0.2) is 19.1 Å². The standard InChI is InChI=1S/C11H10FN4S2/c1-7-14-6-16(15-7)10-3-2-8(4-9(10)12)5-13-11(17)18/h2-6H,1H3,(H2,13,17,18). The Labute approximate surface area is 115 Å². The summed E-state index contributed by atoms with van der Waals surface area (Å²) in [5.74, 6) is 0.202. The van der Waals surface area contributed by atoms with Crippen LogP contribution in [0.25, 0.3) is 5.69 Å². The van der Waals surface area contributed by atoms with Crippen LogP contribution in [0.4, 0.5) is 4.39 Å². The third-order valence-electron chi connectivity index (χ3n) is 2.19. The number of thiocarbonyl (C=S) groups is 1. The van der Waals surface area contributed by atoms with Gasteiger partial charge in [0.25, 0.3) is 0 Å². The second kappa shape index (κ2) is 5.45. The molecule has 0 fully saturated rings. The lowest BCUT2D eigenvalue weighted by Gasteiger charge is -2.06. The molecule has 1 N–H and O–H groups in total. The molecule has 0 atom stereocenters. The Morgan fingerprint density at radius 2 is 2.33 bits per heavy atom. The molecule has 0 aliphatic rings. The number of aryl methyl sites for hydroxylation is 1.